The van der Waals surface area contributed by atoms with Crippen LogP contribution in [-0.4, -0.2) is 38.3 Å². The molecule has 0 unspecified atom stereocenters. The molecule has 0 atom stereocenters. The Kier molecular flexibility index (Phi) is 8.43. The highest BCUT2D eigenvalue weighted by Gasteiger charge is 2.05. The van der Waals surface area contributed by atoms with Crippen LogP contribution in [0.4, 0.5) is 0 Å². The lowest BCUT2D eigenvalue weighted by Gasteiger charge is -2.10. The van der Waals surface area contributed by atoms with Crippen LogP contribution >= 0.6 is 24.0 Å². The van der Waals surface area contributed by atoms with Crippen LogP contribution in [-0.2, 0) is 12.8 Å². The van der Waals surface area contributed by atoms with Gasteiger partial charge in [-0.15, -0.1) is 24.0 Å². The van der Waals surface area contributed by atoms with Gasteiger partial charge in [-0.2, -0.15) is 0 Å². The fourth-order valence-corrected chi connectivity index (χ4v) is 3.06. The van der Waals surface area contributed by atoms with Crippen molar-refractivity contribution in [3.05, 3.63) is 59.8 Å². The van der Waals surface area contributed by atoms with E-state index in [2.05, 4.69) is 27.4 Å². The molecular formula is C21H27IN4O2. The van der Waals surface area contributed by atoms with Gasteiger partial charge in [0.05, 0.1) is 14.2 Å². The Balaban J connectivity index is 0.00000280. The van der Waals surface area contributed by atoms with Crippen LogP contribution < -0.4 is 20.5 Å². The monoisotopic (exact) mass is 494 g/mol. The highest BCUT2D eigenvalue weighted by Crippen LogP contribution is 2.27. The molecular weight excluding hydrogens is 467 g/mol. The summed E-state index contributed by atoms with van der Waals surface area (Å²) in [6, 6.07) is 14.2. The van der Waals surface area contributed by atoms with E-state index in [4.69, 9.17) is 15.2 Å². The fraction of sp³-hybridized carbons (Fsp3) is 0.286. The molecule has 3 aromatic rings. The Bertz CT molecular complexity index is 924. The summed E-state index contributed by atoms with van der Waals surface area (Å²) in [5.74, 6) is 1.93. The number of fused-ring (bicyclic) bond motifs is 1. The van der Waals surface area contributed by atoms with Gasteiger partial charge >= 0.3 is 0 Å². The second-order valence-electron chi connectivity index (χ2n) is 6.24. The van der Waals surface area contributed by atoms with Crippen LogP contribution in [0.3, 0.4) is 0 Å². The van der Waals surface area contributed by atoms with Gasteiger partial charge in [0, 0.05) is 30.2 Å². The summed E-state index contributed by atoms with van der Waals surface area (Å²) < 4.78 is 10.6. The Morgan fingerprint density at radius 2 is 1.86 bits per heavy atom. The summed E-state index contributed by atoms with van der Waals surface area (Å²) in [7, 11) is 3.27. The van der Waals surface area contributed by atoms with Crippen LogP contribution in [0.5, 0.6) is 11.5 Å². The number of aromatic nitrogens is 1. The number of methoxy groups -OCH3 is 2. The summed E-state index contributed by atoms with van der Waals surface area (Å²) in [6.07, 6.45) is 3.71. The second-order valence-corrected chi connectivity index (χ2v) is 6.24. The summed E-state index contributed by atoms with van der Waals surface area (Å²) >= 11 is 0. The minimum absolute atomic E-state index is 0. The predicted octanol–water partition coefficient (Wildman–Crippen LogP) is 3.49. The van der Waals surface area contributed by atoms with Crippen LogP contribution in [0.2, 0.25) is 0 Å². The zero-order chi connectivity index (χ0) is 19.1. The van der Waals surface area contributed by atoms with Gasteiger partial charge in [0.1, 0.15) is 0 Å². The number of ether oxygens (including phenoxy) is 2. The summed E-state index contributed by atoms with van der Waals surface area (Å²) in [4.78, 5) is 7.70. The average molecular weight is 494 g/mol. The summed E-state index contributed by atoms with van der Waals surface area (Å²) in [5.41, 5.74) is 9.53. The van der Waals surface area contributed by atoms with Gasteiger partial charge < -0.3 is 25.5 Å². The Morgan fingerprint density at radius 1 is 1.07 bits per heavy atom. The van der Waals surface area contributed by atoms with Gasteiger partial charge in [-0.1, -0.05) is 24.3 Å². The molecule has 0 saturated heterocycles. The highest BCUT2D eigenvalue weighted by molar-refractivity contribution is 14.0. The molecule has 0 radical (unpaired) electrons. The lowest BCUT2D eigenvalue weighted by atomic mass is 10.1. The number of H-pyrrole nitrogens is 1. The number of aromatic amines is 1. The van der Waals surface area contributed by atoms with Crippen molar-refractivity contribution in [2.45, 2.75) is 12.8 Å². The van der Waals surface area contributed by atoms with Crippen molar-refractivity contribution in [1.29, 1.82) is 0 Å². The fourth-order valence-electron chi connectivity index (χ4n) is 3.06. The van der Waals surface area contributed by atoms with Gasteiger partial charge in [0.2, 0.25) is 0 Å². The van der Waals surface area contributed by atoms with Gasteiger partial charge in [-0.25, -0.2) is 0 Å². The van der Waals surface area contributed by atoms with E-state index < -0.39 is 0 Å². The molecule has 7 heteroatoms. The molecule has 0 aliphatic carbocycles. The number of hydrogen-bond acceptors (Lipinski definition) is 3. The van der Waals surface area contributed by atoms with E-state index in [0.29, 0.717) is 19.0 Å². The maximum absolute atomic E-state index is 5.98. The molecule has 0 amide bonds. The lowest BCUT2D eigenvalue weighted by molar-refractivity contribution is 0.354. The minimum atomic E-state index is 0. The first-order valence-electron chi connectivity index (χ1n) is 9.01. The van der Waals surface area contributed by atoms with E-state index in [-0.39, 0.29) is 24.0 Å². The van der Waals surface area contributed by atoms with E-state index in [1.165, 1.54) is 10.9 Å². The lowest BCUT2D eigenvalue weighted by Crippen LogP contribution is -2.33. The smallest absolute Gasteiger partial charge is 0.188 e. The van der Waals surface area contributed by atoms with Gasteiger partial charge in [0.25, 0.3) is 0 Å². The zero-order valence-corrected chi connectivity index (χ0v) is 18.5. The highest BCUT2D eigenvalue weighted by atomic mass is 127. The summed E-state index contributed by atoms with van der Waals surface area (Å²) in [6.45, 7) is 1.36. The van der Waals surface area contributed by atoms with Crippen molar-refractivity contribution < 1.29 is 9.47 Å². The largest absolute Gasteiger partial charge is 0.493 e. The zero-order valence-electron chi connectivity index (χ0n) is 16.2. The molecule has 0 fully saturated rings. The number of para-hydroxylation sites is 1. The topological polar surface area (TPSA) is 84.7 Å². The molecule has 0 saturated carbocycles. The van der Waals surface area contributed by atoms with Gasteiger partial charge in [-0.3, -0.25) is 4.99 Å². The third kappa shape index (κ3) is 5.54. The molecule has 2 aromatic carbocycles. The second kappa shape index (κ2) is 10.8. The SMILES string of the molecule is COc1ccc(CCNC(N)=NCCc2c[nH]c3ccccc23)cc1OC.I. The first-order valence-corrected chi connectivity index (χ1v) is 9.01. The van der Waals surface area contributed by atoms with E-state index in [1.807, 2.05) is 36.5 Å². The van der Waals surface area contributed by atoms with Crippen LogP contribution in [0.25, 0.3) is 10.9 Å². The van der Waals surface area contributed by atoms with Crippen molar-refractivity contribution in [3.8, 4) is 11.5 Å². The van der Waals surface area contributed by atoms with Crippen LogP contribution in [0.1, 0.15) is 11.1 Å². The van der Waals surface area contributed by atoms with Gasteiger partial charge in [0.15, 0.2) is 17.5 Å². The quantitative estimate of drug-likeness (QED) is 0.254. The van der Waals surface area contributed by atoms with Crippen molar-refractivity contribution >= 4 is 40.8 Å². The third-order valence-corrected chi connectivity index (χ3v) is 4.51. The number of nitrogens with one attached hydrogen (secondary N) is 2. The Labute approximate surface area is 182 Å². The first kappa shape index (κ1) is 21.9. The maximum Gasteiger partial charge on any atom is 0.188 e. The number of halogens is 1. The van der Waals surface area contributed by atoms with E-state index in [9.17, 15) is 0 Å². The molecule has 150 valence electrons. The van der Waals surface area contributed by atoms with Crippen molar-refractivity contribution in [2.24, 2.45) is 10.7 Å². The van der Waals surface area contributed by atoms with Crippen molar-refractivity contribution in [3.63, 3.8) is 0 Å². The van der Waals surface area contributed by atoms with Crippen molar-refractivity contribution in [2.75, 3.05) is 27.3 Å². The number of hydrogen-bond donors (Lipinski definition) is 3. The molecule has 0 aliphatic rings. The summed E-state index contributed by atoms with van der Waals surface area (Å²) in [5, 5.41) is 4.41. The normalized spacial score (nSPS) is 11.1. The predicted molar refractivity (Wildman–Crippen MR) is 125 cm³/mol. The number of nitrogens with zero attached hydrogens (tertiary/aromatic N) is 1. The molecule has 0 aliphatic heterocycles. The molecule has 0 spiro atoms. The molecule has 1 aromatic heterocycles. The molecule has 3 rings (SSSR count). The molecule has 4 N–H and O–H groups in total. The Morgan fingerprint density at radius 3 is 2.64 bits per heavy atom. The first-order chi connectivity index (χ1) is 13.2. The number of guanidine groups is 1. The van der Waals surface area contributed by atoms with E-state index >= 15 is 0 Å². The van der Waals surface area contributed by atoms with Crippen LogP contribution in [0, 0.1) is 0 Å². The van der Waals surface area contributed by atoms with Crippen LogP contribution in [0.15, 0.2) is 53.7 Å². The third-order valence-electron chi connectivity index (χ3n) is 4.51. The van der Waals surface area contributed by atoms with E-state index in [1.54, 1.807) is 14.2 Å². The number of benzene rings is 2. The van der Waals surface area contributed by atoms with E-state index in [0.717, 1.165) is 35.4 Å². The number of rotatable bonds is 8. The van der Waals surface area contributed by atoms with Gasteiger partial charge in [-0.05, 0) is 42.2 Å². The Hall–Kier alpha value is -2.42. The molecule has 28 heavy (non-hydrogen) atoms. The minimum Gasteiger partial charge on any atom is -0.493 e. The number of aliphatic imine (C=N–C) groups is 1. The maximum atomic E-state index is 5.98. The average Bonchev–Trinajstić information content (AvgIpc) is 3.11. The van der Waals surface area contributed by atoms with Crippen molar-refractivity contribution in [1.82, 2.24) is 10.3 Å². The molecule has 6 nitrogen and oxygen atoms in total. The molecule has 1 heterocycles. The standard InChI is InChI=1S/C21H26N4O2.HI/c1-26-19-8-7-15(13-20(19)27-2)9-11-23-21(22)24-12-10-16-14-25-18-6-4-3-5-17(16)18;/h3-8,13-14,25H,9-12H2,1-2H3,(H3,22,23,24);1H. The number of nitrogens with two attached hydrogens (primary N) is 1. The molecule has 0 bridgehead atoms.